The van der Waals surface area contributed by atoms with E-state index in [9.17, 15) is 0 Å². The molecule has 0 fully saturated rings. The lowest BCUT2D eigenvalue weighted by Gasteiger charge is -2.15. The van der Waals surface area contributed by atoms with Gasteiger partial charge in [0.2, 0.25) is 0 Å². The molecule has 0 amide bonds. The van der Waals surface area contributed by atoms with Gasteiger partial charge in [-0.05, 0) is 48.5 Å². The van der Waals surface area contributed by atoms with E-state index in [2.05, 4.69) is 69.7 Å². The summed E-state index contributed by atoms with van der Waals surface area (Å²) in [6.45, 7) is 0. The minimum atomic E-state index is 0.161. The summed E-state index contributed by atoms with van der Waals surface area (Å²) in [6, 6.07) is 18.0. The molecule has 20 nitrogen and oxygen atoms in total. The van der Waals surface area contributed by atoms with Gasteiger partial charge in [0.05, 0.1) is 0 Å². The van der Waals surface area contributed by atoms with Gasteiger partial charge < -0.3 is 38.9 Å². The van der Waals surface area contributed by atoms with Gasteiger partial charge in [-0.3, -0.25) is 0 Å². The van der Waals surface area contributed by atoms with Crippen molar-refractivity contribution in [1.29, 1.82) is 10.5 Å². The number of aromatic amines is 4. The predicted octanol–water partition coefficient (Wildman–Crippen LogP) is 7.87. The molecule has 0 aliphatic carbocycles. The summed E-state index contributed by atoms with van der Waals surface area (Å²) < 4.78 is 3.92. The molecule has 0 spiro atoms. The highest BCUT2D eigenvalue weighted by Gasteiger charge is 2.15. The van der Waals surface area contributed by atoms with Crippen molar-refractivity contribution >= 4 is 34.6 Å². The smallest absolute Gasteiger partial charge is 0.158 e. The molecule has 0 aliphatic rings. The Labute approximate surface area is 400 Å². The van der Waals surface area contributed by atoms with E-state index < -0.39 is 0 Å². The van der Waals surface area contributed by atoms with E-state index >= 15 is 0 Å². The first-order chi connectivity index (χ1) is 32.9. The maximum Gasteiger partial charge on any atom is 0.158 e. The lowest BCUT2D eigenvalue weighted by molar-refractivity contribution is 0.906. The molecule has 68 heavy (non-hydrogen) atoms. The van der Waals surface area contributed by atoms with E-state index in [-0.39, 0.29) is 11.4 Å². The Bertz CT molecular complexity index is 3070. The molecule has 0 unspecified atom stereocenters. The molecule has 4 N–H and O–H groups in total. The molecular formula is C46H42Cl2N20. The number of hydrogen-bond donors (Lipinski definition) is 4. The summed E-state index contributed by atoms with van der Waals surface area (Å²) in [5, 5.41) is 17.8. The molecule has 0 saturated carbocycles. The number of nitrogens with zero attached hydrogens (tertiary/aromatic N) is 16. The average molecular weight is 946 g/mol. The number of imidazole rings is 6. The van der Waals surface area contributed by atoms with Crippen molar-refractivity contribution in [2.45, 2.75) is 0 Å². The van der Waals surface area contributed by atoms with Crippen LogP contribution >= 0.6 is 23.2 Å². The molecule has 10 heterocycles. The normalized spacial score (nSPS) is 10.3. The van der Waals surface area contributed by atoms with E-state index in [1.807, 2.05) is 93.0 Å². The monoisotopic (exact) mass is 944 g/mol. The van der Waals surface area contributed by atoms with Gasteiger partial charge in [-0.25, -0.2) is 49.8 Å². The highest BCUT2D eigenvalue weighted by molar-refractivity contribution is 6.31. The molecule has 0 aliphatic heterocycles. The molecule has 10 aromatic rings. The second kappa shape index (κ2) is 21.8. The number of halogens is 2. The molecule has 22 heteroatoms. The lowest BCUT2D eigenvalue weighted by atomic mass is 10.2. The maximum atomic E-state index is 8.40. The van der Waals surface area contributed by atoms with Crippen molar-refractivity contribution in [3.63, 3.8) is 0 Å². The third kappa shape index (κ3) is 11.8. The van der Waals surface area contributed by atoms with Gasteiger partial charge in [-0.1, -0.05) is 23.2 Å². The summed E-state index contributed by atoms with van der Waals surface area (Å²) in [4.78, 5) is 59.2. The number of rotatable bonds is 8. The zero-order valence-electron chi connectivity index (χ0n) is 37.5. The van der Waals surface area contributed by atoms with Crippen LogP contribution in [0.25, 0.3) is 69.1 Å². The minimum Gasteiger partial charge on any atom is -0.378 e. The number of hydrogen-bond acceptors (Lipinski definition) is 14. The zero-order valence-corrected chi connectivity index (χ0v) is 39.0. The number of H-pyrrole nitrogens is 4. The topological polar surface area (TPSA) is 256 Å². The Balaban J connectivity index is 0.000000137. The SMILES string of the molecule is CN(C)c1cc(-c2ncc[nH]2)nc(-c2ncc[nH]2)c1.CN(C)c1cc(-c2nccn2C)nc(-c2nccn2C)c1.Clc1cc(-c2ncc[nH]2)nc(-c2ncc[nH]2)c1.N#Cc1cc(Cl)cc(C#N)n1. The van der Waals surface area contributed by atoms with E-state index in [1.54, 1.807) is 86.2 Å². The Morgan fingerprint density at radius 3 is 1.06 bits per heavy atom. The van der Waals surface area contributed by atoms with Crippen molar-refractivity contribution in [2.24, 2.45) is 14.1 Å². The van der Waals surface area contributed by atoms with E-state index in [1.165, 1.54) is 12.1 Å². The van der Waals surface area contributed by atoms with Crippen LogP contribution in [0.4, 0.5) is 11.4 Å². The van der Waals surface area contributed by atoms with Crippen LogP contribution in [0.2, 0.25) is 10.0 Å². The average Bonchev–Trinajstić information content (AvgIpc) is 4.20. The van der Waals surface area contributed by atoms with Crippen LogP contribution in [0.5, 0.6) is 0 Å². The number of nitrogens with one attached hydrogen (secondary N) is 4. The molecule has 10 rings (SSSR count). The van der Waals surface area contributed by atoms with Gasteiger partial charge in [-0.2, -0.15) is 10.5 Å². The molecule has 0 atom stereocenters. The first kappa shape index (κ1) is 47.0. The van der Waals surface area contributed by atoms with Gasteiger partial charge in [-0.15, -0.1) is 0 Å². The van der Waals surface area contributed by atoms with E-state index in [0.717, 1.165) is 57.4 Å². The molecule has 0 radical (unpaired) electrons. The van der Waals surface area contributed by atoms with Gasteiger partial charge in [0.25, 0.3) is 0 Å². The van der Waals surface area contributed by atoms with Crippen molar-refractivity contribution < 1.29 is 0 Å². The van der Waals surface area contributed by atoms with Crippen molar-refractivity contribution in [2.75, 3.05) is 38.0 Å². The Morgan fingerprint density at radius 2 is 0.765 bits per heavy atom. The van der Waals surface area contributed by atoms with Crippen LogP contribution in [0.15, 0.2) is 123 Å². The fourth-order valence-electron chi connectivity index (χ4n) is 6.22. The molecule has 0 bridgehead atoms. The third-order valence-electron chi connectivity index (χ3n) is 9.53. The number of pyridine rings is 4. The Hall–Kier alpha value is -8.98. The summed E-state index contributed by atoms with van der Waals surface area (Å²) in [6.07, 6.45) is 21.2. The van der Waals surface area contributed by atoms with Gasteiger partial charge in [0.1, 0.15) is 57.7 Å². The third-order valence-corrected chi connectivity index (χ3v) is 9.96. The molecule has 340 valence electrons. The molecule has 0 aromatic carbocycles. The van der Waals surface area contributed by atoms with Crippen LogP contribution < -0.4 is 9.80 Å². The Kier molecular flexibility index (Phi) is 15.1. The van der Waals surface area contributed by atoms with E-state index in [0.29, 0.717) is 33.1 Å². The fourth-order valence-corrected chi connectivity index (χ4v) is 6.63. The predicted molar refractivity (Wildman–Crippen MR) is 260 cm³/mol. The van der Waals surface area contributed by atoms with E-state index in [4.69, 9.17) is 38.7 Å². The van der Waals surface area contributed by atoms with Gasteiger partial charge in [0.15, 0.2) is 34.9 Å². The quantitative estimate of drug-likeness (QED) is 0.113. The minimum absolute atomic E-state index is 0.161. The highest BCUT2D eigenvalue weighted by Crippen LogP contribution is 2.28. The second-order valence-electron chi connectivity index (χ2n) is 14.8. The molecule has 10 aromatic heterocycles. The number of anilines is 2. The maximum absolute atomic E-state index is 8.40. The second-order valence-corrected chi connectivity index (χ2v) is 15.7. The summed E-state index contributed by atoms with van der Waals surface area (Å²) >= 11 is 11.6. The zero-order chi connectivity index (χ0) is 48.2. The van der Waals surface area contributed by atoms with Crippen LogP contribution in [0.3, 0.4) is 0 Å². The first-order valence-corrected chi connectivity index (χ1v) is 21.1. The summed E-state index contributed by atoms with van der Waals surface area (Å²) in [7, 11) is 11.9. The van der Waals surface area contributed by atoms with Gasteiger partial charge >= 0.3 is 0 Å². The van der Waals surface area contributed by atoms with Crippen LogP contribution in [-0.2, 0) is 14.1 Å². The largest absolute Gasteiger partial charge is 0.378 e. The number of aromatic nitrogens is 16. The number of nitriles is 2. The van der Waals surface area contributed by atoms with Crippen LogP contribution in [0, 0.1) is 22.7 Å². The van der Waals surface area contributed by atoms with Crippen molar-refractivity contribution in [3.05, 3.63) is 144 Å². The fraction of sp³-hybridized carbons (Fsp3) is 0.130. The lowest BCUT2D eigenvalue weighted by Crippen LogP contribution is -2.10. The first-order valence-electron chi connectivity index (χ1n) is 20.4. The van der Waals surface area contributed by atoms with Crippen LogP contribution in [-0.4, -0.2) is 107 Å². The summed E-state index contributed by atoms with van der Waals surface area (Å²) in [5.74, 6) is 4.54. The van der Waals surface area contributed by atoms with Crippen molar-refractivity contribution in [3.8, 4) is 81.2 Å². The molecule has 0 saturated heterocycles. The van der Waals surface area contributed by atoms with Gasteiger partial charge in [0, 0.05) is 138 Å². The molecular weight excluding hydrogens is 904 g/mol. The summed E-state index contributed by atoms with van der Waals surface area (Å²) in [5.41, 5.74) is 7.09. The Morgan fingerprint density at radius 1 is 0.441 bits per heavy atom. The standard InChI is InChI=1S/C15H18N6.C13H14N6.C11H8ClN5.C7H2ClN3/c1-19(2)11-9-12(14-16-5-7-20(14)3)18-13(10-11)15-17-6-8-21(15)4;1-19(2)9-7-10(12-14-3-4-15-12)18-11(8-9)13-16-5-6-17-13;12-7-5-8(10-13-1-2-14-10)17-9(6-7)11-15-3-4-16-11;8-5-1-6(3-9)11-7(2-5)4-10/h5-10H,1-4H3;3-8H,1-2H3,(H,14,15)(H,16,17);1-6H,(H,13,14)(H,15,16);1-2H. The van der Waals surface area contributed by atoms with Crippen molar-refractivity contribution in [1.82, 2.24) is 78.9 Å². The highest BCUT2D eigenvalue weighted by atomic mass is 35.5. The number of aryl methyl sites for hydroxylation is 2. The van der Waals surface area contributed by atoms with Crippen LogP contribution in [0.1, 0.15) is 11.4 Å².